The highest BCUT2D eigenvalue weighted by Crippen LogP contribution is 2.33. The molecule has 9 nitrogen and oxygen atoms in total. The number of carbonyl (C=O) groups is 3. The number of rotatable bonds is 5. The lowest BCUT2D eigenvalue weighted by atomic mass is 9.78. The van der Waals surface area contributed by atoms with Gasteiger partial charge in [0.15, 0.2) is 11.6 Å². The van der Waals surface area contributed by atoms with E-state index in [0.29, 0.717) is 28.1 Å². The number of hydrogen-bond acceptors (Lipinski definition) is 7. The van der Waals surface area contributed by atoms with E-state index in [9.17, 15) is 18.8 Å². The Hall–Kier alpha value is -4.34. The summed E-state index contributed by atoms with van der Waals surface area (Å²) in [5, 5.41) is 8.08. The Morgan fingerprint density at radius 3 is 2.44 bits per heavy atom. The molecule has 32 heavy (non-hydrogen) atoms. The fraction of sp³-hybridized carbons (Fsp3) is 0.136. The van der Waals surface area contributed by atoms with E-state index in [1.165, 1.54) is 18.2 Å². The van der Waals surface area contributed by atoms with E-state index in [1.807, 2.05) is 0 Å². The highest BCUT2D eigenvalue weighted by molar-refractivity contribution is 6.13. The van der Waals surface area contributed by atoms with Crippen LogP contribution < -0.4 is 21.7 Å². The minimum absolute atomic E-state index is 0.109. The molecule has 5 N–H and O–H groups in total. The van der Waals surface area contributed by atoms with Gasteiger partial charge in [0, 0.05) is 22.5 Å². The highest BCUT2D eigenvalue weighted by Gasteiger charge is 2.39. The second kappa shape index (κ2) is 7.73. The van der Waals surface area contributed by atoms with Crippen LogP contribution in [0.25, 0.3) is 0 Å². The Balaban J connectivity index is 1.59. The number of amides is 3. The Morgan fingerprint density at radius 2 is 1.75 bits per heavy atom. The Labute approximate surface area is 182 Å². The maximum atomic E-state index is 14.3. The molecule has 3 aromatic rings. The zero-order chi connectivity index (χ0) is 23.0. The summed E-state index contributed by atoms with van der Waals surface area (Å²) in [6.45, 7) is 3.44. The molecule has 0 atom stereocenters. The topological polar surface area (TPSA) is 139 Å². The average Bonchev–Trinajstić information content (AvgIpc) is 2.75. The summed E-state index contributed by atoms with van der Waals surface area (Å²) in [4.78, 5) is 43.6. The van der Waals surface area contributed by atoms with Crippen LogP contribution in [-0.4, -0.2) is 27.7 Å². The van der Waals surface area contributed by atoms with Crippen LogP contribution in [0.1, 0.15) is 40.1 Å². The molecule has 0 saturated heterocycles. The van der Waals surface area contributed by atoms with Gasteiger partial charge < -0.3 is 16.4 Å². The Morgan fingerprint density at radius 1 is 1.06 bits per heavy atom. The summed E-state index contributed by atoms with van der Waals surface area (Å²) in [5.41, 5.74) is 6.59. The van der Waals surface area contributed by atoms with E-state index in [0.717, 1.165) is 6.20 Å². The number of primary amides is 1. The lowest BCUT2D eigenvalue weighted by Gasteiger charge is -2.30. The van der Waals surface area contributed by atoms with E-state index in [4.69, 9.17) is 5.73 Å². The van der Waals surface area contributed by atoms with Gasteiger partial charge in [0.25, 0.3) is 5.91 Å². The number of nitrogens with one attached hydrogen (secondary N) is 3. The largest absolute Gasteiger partial charge is 0.366 e. The van der Waals surface area contributed by atoms with E-state index < -0.39 is 23.0 Å². The van der Waals surface area contributed by atoms with E-state index in [2.05, 4.69) is 25.9 Å². The molecule has 0 unspecified atom stereocenters. The molecule has 0 radical (unpaired) electrons. The molecule has 0 spiro atoms. The van der Waals surface area contributed by atoms with Crippen molar-refractivity contribution in [2.45, 2.75) is 19.3 Å². The molecule has 4 rings (SSSR count). The average molecular weight is 434 g/mol. The van der Waals surface area contributed by atoms with Crippen molar-refractivity contribution in [3.05, 3.63) is 71.2 Å². The van der Waals surface area contributed by atoms with Crippen molar-refractivity contribution in [2.24, 2.45) is 5.73 Å². The monoisotopic (exact) mass is 434 g/mol. The molecule has 1 aliphatic heterocycles. The fourth-order valence-corrected chi connectivity index (χ4v) is 3.30. The summed E-state index contributed by atoms with van der Waals surface area (Å²) in [7, 11) is 0. The first kappa shape index (κ1) is 20.9. The SMILES string of the molecule is CC1(C)C(=O)NC(=O)c2cc(Nc3nc(Nc4ccc(C(N)=O)cc4)ncc3F)ccc21. The van der Waals surface area contributed by atoms with Gasteiger partial charge in [0.1, 0.15) is 0 Å². The predicted octanol–water partition coefficient (Wildman–Crippen LogP) is 2.75. The van der Waals surface area contributed by atoms with Crippen molar-refractivity contribution in [2.75, 3.05) is 10.6 Å². The van der Waals surface area contributed by atoms with Crippen LogP contribution in [0.4, 0.5) is 27.5 Å². The number of nitrogens with zero attached hydrogens (tertiary/aromatic N) is 2. The summed E-state index contributed by atoms with van der Waals surface area (Å²) in [6.07, 6.45) is 1.00. The molecule has 3 amide bonds. The molecule has 1 aliphatic rings. The number of fused-ring (bicyclic) bond motifs is 1. The second-order valence-corrected chi connectivity index (χ2v) is 7.75. The van der Waals surface area contributed by atoms with Crippen LogP contribution in [0.5, 0.6) is 0 Å². The third-order valence-electron chi connectivity index (χ3n) is 5.16. The van der Waals surface area contributed by atoms with Crippen molar-refractivity contribution < 1.29 is 18.8 Å². The third-order valence-corrected chi connectivity index (χ3v) is 5.16. The van der Waals surface area contributed by atoms with Crippen molar-refractivity contribution in [1.29, 1.82) is 0 Å². The first-order chi connectivity index (χ1) is 15.1. The third kappa shape index (κ3) is 3.85. The van der Waals surface area contributed by atoms with Gasteiger partial charge in [-0.1, -0.05) is 6.07 Å². The molecule has 0 bridgehead atoms. The van der Waals surface area contributed by atoms with Crippen LogP contribution >= 0.6 is 0 Å². The number of hydrogen-bond donors (Lipinski definition) is 4. The number of aromatic nitrogens is 2. The first-order valence-corrected chi connectivity index (χ1v) is 9.62. The van der Waals surface area contributed by atoms with Crippen molar-refractivity contribution in [1.82, 2.24) is 15.3 Å². The van der Waals surface area contributed by atoms with Crippen LogP contribution in [-0.2, 0) is 10.2 Å². The maximum absolute atomic E-state index is 14.3. The number of carbonyl (C=O) groups excluding carboxylic acids is 3. The van der Waals surface area contributed by atoms with Gasteiger partial charge in [-0.15, -0.1) is 0 Å². The molecule has 1 aromatic heterocycles. The number of nitrogens with two attached hydrogens (primary N) is 1. The van der Waals surface area contributed by atoms with Crippen molar-refractivity contribution in [3.63, 3.8) is 0 Å². The fourth-order valence-electron chi connectivity index (χ4n) is 3.30. The maximum Gasteiger partial charge on any atom is 0.258 e. The molecule has 2 aromatic carbocycles. The summed E-state index contributed by atoms with van der Waals surface area (Å²) in [5.74, 6) is -2.13. The Kier molecular flexibility index (Phi) is 5.05. The first-order valence-electron chi connectivity index (χ1n) is 9.62. The lowest BCUT2D eigenvalue weighted by molar-refractivity contribution is -0.125. The number of halogens is 1. The van der Waals surface area contributed by atoms with Gasteiger partial charge in [0.05, 0.1) is 11.6 Å². The highest BCUT2D eigenvalue weighted by atomic mass is 19.1. The molecular formula is C22H19FN6O3. The molecule has 162 valence electrons. The summed E-state index contributed by atoms with van der Waals surface area (Å²) < 4.78 is 14.3. The lowest BCUT2D eigenvalue weighted by Crippen LogP contribution is -2.48. The van der Waals surface area contributed by atoms with Gasteiger partial charge in [-0.25, -0.2) is 9.37 Å². The Bertz CT molecular complexity index is 1260. The van der Waals surface area contributed by atoms with Gasteiger partial charge in [0.2, 0.25) is 17.8 Å². The zero-order valence-electron chi connectivity index (χ0n) is 17.2. The van der Waals surface area contributed by atoms with E-state index in [-0.39, 0.29) is 17.7 Å². The molecule has 0 fully saturated rings. The number of benzene rings is 2. The van der Waals surface area contributed by atoms with Gasteiger partial charge in [-0.3, -0.25) is 19.7 Å². The molecule has 0 saturated carbocycles. The van der Waals surface area contributed by atoms with Gasteiger partial charge in [-0.2, -0.15) is 4.98 Å². The summed E-state index contributed by atoms with van der Waals surface area (Å²) >= 11 is 0. The normalized spacial score (nSPS) is 14.3. The minimum atomic E-state index is -0.872. The number of anilines is 4. The van der Waals surface area contributed by atoms with Crippen molar-refractivity contribution >= 4 is 40.9 Å². The van der Waals surface area contributed by atoms with Crippen LogP contribution in [0.3, 0.4) is 0 Å². The quantitative estimate of drug-likeness (QED) is 0.453. The summed E-state index contributed by atoms with van der Waals surface area (Å²) in [6, 6.07) is 11.2. The zero-order valence-corrected chi connectivity index (χ0v) is 17.2. The molecule has 10 heteroatoms. The second-order valence-electron chi connectivity index (χ2n) is 7.75. The van der Waals surface area contributed by atoms with Crippen LogP contribution in [0.15, 0.2) is 48.7 Å². The predicted molar refractivity (Wildman–Crippen MR) is 115 cm³/mol. The van der Waals surface area contributed by atoms with Gasteiger partial charge >= 0.3 is 0 Å². The van der Waals surface area contributed by atoms with Gasteiger partial charge in [-0.05, 0) is 55.8 Å². The molecule has 2 heterocycles. The van der Waals surface area contributed by atoms with E-state index >= 15 is 0 Å². The molecular weight excluding hydrogens is 415 g/mol. The molecule has 0 aliphatic carbocycles. The van der Waals surface area contributed by atoms with Crippen LogP contribution in [0.2, 0.25) is 0 Å². The standard InChI is InChI=1S/C22H19FN6O3/c1-22(2)15-8-7-13(9-14(15)19(31)29-20(22)32)26-18-16(23)10-25-21(28-18)27-12-5-3-11(4-6-12)17(24)30/h3-10H,1-2H3,(H2,24,30)(H,29,31,32)(H2,25,26,27,28). The van der Waals surface area contributed by atoms with Crippen molar-refractivity contribution in [3.8, 4) is 0 Å². The van der Waals surface area contributed by atoms with E-state index in [1.54, 1.807) is 38.1 Å². The number of imide groups is 1. The van der Waals surface area contributed by atoms with Crippen LogP contribution in [0, 0.1) is 5.82 Å². The smallest absolute Gasteiger partial charge is 0.258 e. The minimum Gasteiger partial charge on any atom is -0.366 e.